The Hall–Kier alpha value is -2.63. The Morgan fingerprint density at radius 2 is 1.94 bits per heavy atom. The molecular weight excluding hydrogens is 543 g/mol. The second kappa shape index (κ2) is 13.2. The van der Waals surface area contributed by atoms with Crippen molar-refractivity contribution in [3.05, 3.63) is 53.9 Å². The molecule has 33 heavy (non-hydrogen) atoms. The van der Waals surface area contributed by atoms with Gasteiger partial charge in [-0.15, -0.1) is 24.0 Å². The fraction of sp³-hybridized carbons (Fsp3) is 0.391. The summed E-state index contributed by atoms with van der Waals surface area (Å²) in [6.07, 6.45) is 0.863. The van der Waals surface area contributed by atoms with Crippen LogP contribution in [0, 0.1) is 6.92 Å². The molecule has 0 radical (unpaired) electrons. The third-order valence-corrected chi connectivity index (χ3v) is 4.93. The molecule has 0 amide bonds. The minimum absolute atomic E-state index is 0. The van der Waals surface area contributed by atoms with Gasteiger partial charge in [0.15, 0.2) is 17.5 Å². The molecule has 3 aromatic rings. The Morgan fingerprint density at radius 3 is 2.67 bits per heavy atom. The van der Waals surface area contributed by atoms with E-state index < -0.39 is 6.61 Å². The van der Waals surface area contributed by atoms with Crippen molar-refractivity contribution < 1.29 is 18.3 Å². The standard InChI is InChI=1S/C23H29F2N5O2.HI/c1-4-31-20-12-7-9-17(21(20)32-22(24)25)15-28-23(26-3)27-13-8-14-30-16(2)29-18-10-5-6-11-19(18)30;/h5-7,9-12,22H,4,8,13-15H2,1-3H3,(H2,26,27,28);1H. The van der Waals surface area contributed by atoms with Crippen molar-refractivity contribution in [2.24, 2.45) is 4.99 Å². The van der Waals surface area contributed by atoms with Crippen LogP contribution >= 0.6 is 24.0 Å². The van der Waals surface area contributed by atoms with Crippen molar-refractivity contribution in [1.82, 2.24) is 20.2 Å². The number of fused-ring (bicyclic) bond motifs is 1. The van der Waals surface area contributed by atoms with Gasteiger partial charge in [0.1, 0.15) is 5.82 Å². The van der Waals surface area contributed by atoms with Crippen molar-refractivity contribution in [2.45, 2.75) is 40.0 Å². The van der Waals surface area contributed by atoms with E-state index in [9.17, 15) is 8.78 Å². The van der Waals surface area contributed by atoms with E-state index in [4.69, 9.17) is 9.47 Å². The first kappa shape index (κ1) is 26.6. The fourth-order valence-corrected chi connectivity index (χ4v) is 3.51. The third kappa shape index (κ3) is 7.18. The lowest BCUT2D eigenvalue weighted by Crippen LogP contribution is -2.37. The number of aliphatic imine (C=N–C) groups is 1. The maximum Gasteiger partial charge on any atom is 0.387 e. The molecule has 0 fully saturated rings. The Morgan fingerprint density at radius 1 is 1.15 bits per heavy atom. The number of rotatable bonds is 10. The molecule has 2 aromatic carbocycles. The summed E-state index contributed by atoms with van der Waals surface area (Å²) >= 11 is 0. The topological polar surface area (TPSA) is 72.7 Å². The molecule has 0 saturated carbocycles. The number of benzene rings is 2. The zero-order chi connectivity index (χ0) is 22.9. The van der Waals surface area contributed by atoms with Gasteiger partial charge in [-0.2, -0.15) is 8.78 Å². The number of halogens is 3. The van der Waals surface area contributed by atoms with Crippen LogP contribution in [0.4, 0.5) is 8.78 Å². The Kier molecular flexibility index (Phi) is 10.6. The summed E-state index contributed by atoms with van der Waals surface area (Å²) in [6.45, 7) is 2.97. The summed E-state index contributed by atoms with van der Waals surface area (Å²) in [5.74, 6) is 1.88. The van der Waals surface area contributed by atoms with E-state index in [2.05, 4.69) is 31.2 Å². The zero-order valence-corrected chi connectivity index (χ0v) is 21.3. The number of ether oxygens (including phenoxy) is 2. The molecule has 1 aromatic heterocycles. The molecule has 0 atom stereocenters. The molecule has 0 spiro atoms. The van der Waals surface area contributed by atoms with E-state index in [1.807, 2.05) is 25.1 Å². The van der Waals surface area contributed by atoms with Crippen LogP contribution in [0.25, 0.3) is 11.0 Å². The van der Waals surface area contributed by atoms with Crippen molar-refractivity contribution >= 4 is 41.0 Å². The first-order chi connectivity index (χ1) is 15.5. The van der Waals surface area contributed by atoms with Crippen LogP contribution < -0.4 is 20.1 Å². The van der Waals surface area contributed by atoms with Gasteiger partial charge in [0.2, 0.25) is 0 Å². The van der Waals surface area contributed by atoms with Gasteiger partial charge in [-0.25, -0.2) is 4.98 Å². The first-order valence-corrected chi connectivity index (χ1v) is 10.6. The van der Waals surface area contributed by atoms with Gasteiger partial charge in [-0.3, -0.25) is 4.99 Å². The van der Waals surface area contributed by atoms with Crippen molar-refractivity contribution in [3.8, 4) is 11.5 Å². The molecule has 7 nitrogen and oxygen atoms in total. The molecule has 0 bridgehead atoms. The van der Waals surface area contributed by atoms with E-state index >= 15 is 0 Å². The van der Waals surface area contributed by atoms with E-state index in [1.54, 1.807) is 32.2 Å². The van der Waals surface area contributed by atoms with E-state index in [0.717, 1.165) is 29.8 Å². The number of aryl methyl sites for hydroxylation is 2. The maximum absolute atomic E-state index is 12.9. The second-order valence-corrected chi connectivity index (χ2v) is 7.06. The highest BCUT2D eigenvalue weighted by Crippen LogP contribution is 2.32. The van der Waals surface area contributed by atoms with Gasteiger partial charge in [0.05, 0.1) is 17.6 Å². The van der Waals surface area contributed by atoms with Gasteiger partial charge in [0, 0.05) is 32.2 Å². The molecular formula is C23H30F2IN5O2. The molecule has 0 aliphatic carbocycles. The van der Waals surface area contributed by atoms with Crippen LogP contribution in [-0.2, 0) is 13.1 Å². The molecule has 0 unspecified atom stereocenters. The Labute approximate surface area is 209 Å². The maximum atomic E-state index is 12.9. The number of aromatic nitrogens is 2. The predicted molar refractivity (Wildman–Crippen MR) is 137 cm³/mol. The Bertz CT molecular complexity index is 1060. The van der Waals surface area contributed by atoms with Gasteiger partial charge in [-0.05, 0) is 38.5 Å². The van der Waals surface area contributed by atoms with Crippen molar-refractivity contribution in [3.63, 3.8) is 0 Å². The molecule has 0 aliphatic heterocycles. The highest BCUT2D eigenvalue weighted by Gasteiger charge is 2.16. The highest BCUT2D eigenvalue weighted by atomic mass is 127. The largest absolute Gasteiger partial charge is 0.490 e. The zero-order valence-electron chi connectivity index (χ0n) is 19.0. The summed E-state index contributed by atoms with van der Waals surface area (Å²) in [6, 6.07) is 13.1. The summed E-state index contributed by atoms with van der Waals surface area (Å²) in [7, 11) is 1.66. The predicted octanol–water partition coefficient (Wildman–Crippen LogP) is 4.72. The summed E-state index contributed by atoms with van der Waals surface area (Å²) in [5, 5.41) is 6.40. The minimum atomic E-state index is -2.93. The summed E-state index contributed by atoms with van der Waals surface area (Å²) in [5.41, 5.74) is 2.67. The average Bonchev–Trinajstić information content (AvgIpc) is 3.10. The number of nitrogens with zero attached hydrogens (tertiary/aromatic N) is 3. The number of para-hydroxylation sites is 3. The molecule has 1 heterocycles. The van der Waals surface area contributed by atoms with Gasteiger partial charge in [-0.1, -0.05) is 24.3 Å². The van der Waals surface area contributed by atoms with Gasteiger partial charge in [0.25, 0.3) is 0 Å². The summed E-state index contributed by atoms with van der Waals surface area (Å²) in [4.78, 5) is 8.80. The van der Waals surface area contributed by atoms with Crippen molar-refractivity contribution in [1.29, 1.82) is 0 Å². The van der Waals surface area contributed by atoms with E-state index in [0.29, 0.717) is 24.7 Å². The quantitative estimate of drug-likeness (QED) is 0.159. The number of hydrogen-bond acceptors (Lipinski definition) is 4. The highest BCUT2D eigenvalue weighted by molar-refractivity contribution is 14.0. The van der Waals surface area contributed by atoms with Crippen LogP contribution in [-0.4, -0.2) is 42.3 Å². The van der Waals surface area contributed by atoms with E-state index in [1.165, 1.54) is 0 Å². The van der Waals surface area contributed by atoms with Crippen LogP contribution in [0.15, 0.2) is 47.5 Å². The molecule has 0 aliphatic rings. The third-order valence-electron chi connectivity index (χ3n) is 4.93. The average molecular weight is 573 g/mol. The fourth-order valence-electron chi connectivity index (χ4n) is 3.51. The molecule has 2 N–H and O–H groups in total. The van der Waals surface area contributed by atoms with E-state index in [-0.39, 0.29) is 42.0 Å². The lowest BCUT2D eigenvalue weighted by atomic mass is 10.2. The number of guanidine groups is 1. The van der Waals surface area contributed by atoms with Crippen LogP contribution in [0.1, 0.15) is 24.7 Å². The van der Waals surface area contributed by atoms with Crippen LogP contribution in [0.3, 0.4) is 0 Å². The molecule has 0 saturated heterocycles. The van der Waals surface area contributed by atoms with Crippen molar-refractivity contribution in [2.75, 3.05) is 20.2 Å². The number of nitrogens with one attached hydrogen (secondary N) is 2. The molecule has 180 valence electrons. The first-order valence-electron chi connectivity index (χ1n) is 10.6. The normalized spacial score (nSPS) is 11.4. The van der Waals surface area contributed by atoms with Crippen LogP contribution in [0.5, 0.6) is 11.5 Å². The van der Waals surface area contributed by atoms with Gasteiger partial charge < -0.3 is 24.7 Å². The monoisotopic (exact) mass is 573 g/mol. The lowest BCUT2D eigenvalue weighted by molar-refractivity contribution is -0.0520. The molecule has 3 rings (SSSR count). The Balaban J connectivity index is 0.00000385. The lowest BCUT2D eigenvalue weighted by Gasteiger charge is -2.17. The molecule has 10 heteroatoms. The SMILES string of the molecule is CCOc1cccc(CNC(=NC)NCCCn2c(C)nc3ccccc32)c1OC(F)F.I. The minimum Gasteiger partial charge on any atom is -0.490 e. The van der Waals surface area contributed by atoms with Crippen LogP contribution in [0.2, 0.25) is 0 Å². The van der Waals surface area contributed by atoms with Gasteiger partial charge >= 0.3 is 6.61 Å². The number of hydrogen-bond donors (Lipinski definition) is 2. The number of imidazole rings is 1. The summed E-state index contributed by atoms with van der Waals surface area (Å²) < 4.78 is 38.1. The smallest absolute Gasteiger partial charge is 0.387 e. The number of alkyl halides is 2. The second-order valence-electron chi connectivity index (χ2n) is 7.06.